The molecule has 0 bridgehead atoms. The number of benzene rings is 1. The Kier molecular flexibility index (Phi) is 6.10. The maximum absolute atomic E-state index is 11.2. The highest BCUT2D eigenvalue weighted by molar-refractivity contribution is 8.13. The molecule has 0 aliphatic carbocycles. The van der Waals surface area contributed by atoms with E-state index in [1.807, 2.05) is 0 Å². The van der Waals surface area contributed by atoms with Crippen molar-refractivity contribution in [3.63, 3.8) is 0 Å². The average Bonchev–Trinajstić information content (AvgIpc) is 2.26. The minimum atomic E-state index is -3.70. The van der Waals surface area contributed by atoms with Crippen molar-refractivity contribution in [2.24, 2.45) is 5.92 Å². The molecule has 1 aromatic carbocycles. The molecular formula is C13H19ClO4S. The summed E-state index contributed by atoms with van der Waals surface area (Å²) in [6.07, 6.45) is 0. The summed E-state index contributed by atoms with van der Waals surface area (Å²) >= 11 is 0. The molecule has 19 heavy (non-hydrogen) atoms. The lowest BCUT2D eigenvalue weighted by Crippen LogP contribution is -2.10. The quantitative estimate of drug-likeness (QED) is 0.574. The Balaban J connectivity index is 2.51. The van der Waals surface area contributed by atoms with Crippen molar-refractivity contribution in [1.82, 2.24) is 0 Å². The van der Waals surface area contributed by atoms with Crippen LogP contribution >= 0.6 is 10.7 Å². The van der Waals surface area contributed by atoms with Gasteiger partial charge in [0.15, 0.2) is 0 Å². The molecule has 0 atom stereocenters. The van der Waals surface area contributed by atoms with E-state index < -0.39 is 9.05 Å². The Morgan fingerprint density at radius 2 is 1.95 bits per heavy atom. The van der Waals surface area contributed by atoms with Crippen molar-refractivity contribution in [2.45, 2.75) is 25.7 Å². The van der Waals surface area contributed by atoms with Gasteiger partial charge in [-0.2, -0.15) is 0 Å². The molecule has 0 unspecified atom stereocenters. The number of hydrogen-bond donors (Lipinski definition) is 0. The zero-order valence-electron chi connectivity index (χ0n) is 11.3. The number of aryl methyl sites for hydroxylation is 1. The number of hydrogen-bond acceptors (Lipinski definition) is 4. The van der Waals surface area contributed by atoms with Gasteiger partial charge in [-0.25, -0.2) is 8.42 Å². The Bertz CT molecular complexity index is 511. The van der Waals surface area contributed by atoms with E-state index in [9.17, 15) is 8.42 Å². The molecule has 0 aliphatic rings. The fourth-order valence-corrected chi connectivity index (χ4v) is 2.72. The van der Waals surface area contributed by atoms with Gasteiger partial charge >= 0.3 is 0 Å². The highest BCUT2D eigenvalue weighted by Crippen LogP contribution is 2.23. The second-order valence-electron chi connectivity index (χ2n) is 4.68. The van der Waals surface area contributed by atoms with Crippen LogP contribution < -0.4 is 4.74 Å². The minimum Gasteiger partial charge on any atom is -0.491 e. The van der Waals surface area contributed by atoms with Gasteiger partial charge in [0.2, 0.25) is 0 Å². The van der Waals surface area contributed by atoms with Gasteiger partial charge in [-0.3, -0.25) is 0 Å². The largest absolute Gasteiger partial charge is 0.491 e. The minimum absolute atomic E-state index is 0.109. The first-order chi connectivity index (χ1) is 8.80. The van der Waals surface area contributed by atoms with E-state index in [0.29, 0.717) is 37.1 Å². The van der Waals surface area contributed by atoms with Crippen LogP contribution in [0, 0.1) is 12.8 Å². The smallest absolute Gasteiger partial charge is 0.261 e. The molecule has 0 fully saturated rings. The molecule has 0 heterocycles. The van der Waals surface area contributed by atoms with Crippen LogP contribution in [0.3, 0.4) is 0 Å². The van der Waals surface area contributed by atoms with Crippen LogP contribution in [0.5, 0.6) is 5.75 Å². The number of rotatable bonds is 7. The average molecular weight is 307 g/mol. The predicted octanol–water partition coefficient (Wildman–Crippen LogP) is 2.97. The molecule has 1 rings (SSSR count). The van der Waals surface area contributed by atoms with Crippen molar-refractivity contribution in [1.29, 1.82) is 0 Å². The highest BCUT2D eigenvalue weighted by Gasteiger charge is 2.13. The summed E-state index contributed by atoms with van der Waals surface area (Å²) in [6, 6.07) is 4.68. The number of ether oxygens (including phenoxy) is 2. The van der Waals surface area contributed by atoms with Gasteiger partial charge in [0.1, 0.15) is 12.4 Å². The summed E-state index contributed by atoms with van der Waals surface area (Å²) in [5, 5.41) is 0. The van der Waals surface area contributed by atoms with Gasteiger partial charge in [0.05, 0.1) is 11.5 Å². The van der Waals surface area contributed by atoms with E-state index in [0.717, 1.165) is 0 Å². The van der Waals surface area contributed by atoms with E-state index >= 15 is 0 Å². The zero-order chi connectivity index (χ0) is 14.5. The van der Waals surface area contributed by atoms with Crippen LogP contribution in [-0.2, 0) is 13.8 Å². The summed E-state index contributed by atoms with van der Waals surface area (Å²) < 4.78 is 33.3. The summed E-state index contributed by atoms with van der Waals surface area (Å²) in [4.78, 5) is 0.109. The van der Waals surface area contributed by atoms with E-state index in [4.69, 9.17) is 20.2 Å². The molecule has 108 valence electrons. The lowest BCUT2D eigenvalue weighted by molar-refractivity contribution is 0.0818. The molecule has 6 heteroatoms. The van der Waals surface area contributed by atoms with Crippen molar-refractivity contribution >= 4 is 19.7 Å². The van der Waals surface area contributed by atoms with Gasteiger partial charge in [0.25, 0.3) is 9.05 Å². The van der Waals surface area contributed by atoms with Crippen molar-refractivity contribution in [2.75, 3.05) is 19.8 Å². The Morgan fingerprint density at radius 3 is 2.47 bits per heavy atom. The Morgan fingerprint density at radius 1 is 1.26 bits per heavy atom. The van der Waals surface area contributed by atoms with Crippen LogP contribution in [0.25, 0.3) is 0 Å². The highest BCUT2D eigenvalue weighted by atomic mass is 35.7. The fourth-order valence-electron chi connectivity index (χ4n) is 1.52. The molecule has 0 N–H and O–H groups in total. The normalized spacial score (nSPS) is 11.8. The standard InChI is InChI=1S/C13H19ClO4S/c1-10(2)9-17-6-7-18-12-4-5-13(11(3)8-12)19(14,15)16/h4-5,8,10H,6-7,9H2,1-3H3. The van der Waals surface area contributed by atoms with Gasteiger partial charge in [-0.15, -0.1) is 0 Å². The van der Waals surface area contributed by atoms with E-state index in [1.54, 1.807) is 19.1 Å². The van der Waals surface area contributed by atoms with E-state index in [1.165, 1.54) is 6.07 Å². The molecule has 0 amide bonds. The van der Waals surface area contributed by atoms with Gasteiger partial charge in [-0.05, 0) is 36.6 Å². The van der Waals surface area contributed by atoms with E-state index in [2.05, 4.69) is 13.8 Å². The van der Waals surface area contributed by atoms with Crippen LogP contribution in [0.1, 0.15) is 19.4 Å². The Labute approximate surface area is 119 Å². The molecule has 0 aromatic heterocycles. The Hall–Kier alpha value is -0.780. The second kappa shape index (κ2) is 7.12. The van der Waals surface area contributed by atoms with Crippen molar-refractivity contribution in [3.8, 4) is 5.75 Å². The van der Waals surface area contributed by atoms with Crippen LogP contribution in [0.15, 0.2) is 23.1 Å². The lowest BCUT2D eigenvalue weighted by Gasteiger charge is -2.10. The van der Waals surface area contributed by atoms with Crippen molar-refractivity contribution in [3.05, 3.63) is 23.8 Å². The van der Waals surface area contributed by atoms with Gasteiger partial charge in [-0.1, -0.05) is 13.8 Å². The first-order valence-electron chi connectivity index (χ1n) is 6.06. The van der Waals surface area contributed by atoms with E-state index in [-0.39, 0.29) is 4.90 Å². The zero-order valence-corrected chi connectivity index (χ0v) is 12.9. The summed E-state index contributed by atoms with van der Waals surface area (Å²) in [5.41, 5.74) is 0.565. The second-order valence-corrected chi connectivity index (χ2v) is 7.22. The molecule has 4 nitrogen and oxygen atoms in total. The molecule has 0 spiro atoms. The molecular weight excluding hydrogens is 288 g/mol. The predicted molar refractivity (Wildman–Crippen MR) is 75.4 cm³/mol. The third kappa shape index (κ3) is 5.80. The molecule has 0 saturated heterocycles. The number of halogens is 1. The van der Waals surface area contributed by atoms with Gasteiger partial charge < -0.3 is 9.47 Å². The monoisotopic (exact) mass is 306 g/mol. The summed E-state index contributed by atoms with van der Waals surface area (Å²) in [7, 11) is 1.61. The maximum atomic E-state index is 11.2. The first kappa shape index (κ1) is 16.3. The summed E-state index contributed by atoms with van der Waals surface area (Å²) in [6.45, 7) is 7.47. The van der Waals surface area contributed by atoms with Crippen LogP contribution in [0.2, 0.25) is 0 Å². The topological polar surface area (TPSA) is 52.6 Å². The molecule has 0 radical (unpaired) electrons. The fraction of sp³-hybridized carbons (Fsp3) is 0.538. The van der Waals surface area contributed by atoms with Crippen LogP contribution in [-0.4, -0.2) is 28.2 Å². The van der Waals surface area contributed by atoms with Crippen molar-refractivity contribution < 1.29 is 17.9 Å². The third-order valence-corrected chi connectivity index (χ3v) is 3.84. The molecule has 1 aromatic rings. The summed E-state index contributed by atoms with van der Waals surface area (Å²) in [5.74, 6) is 1.10. The van der Waals surface area contributed by atoms with Crippen LogP contribution in [0.4, 0.5) is 0 Å². The lowest BCUT2D eigenvalue weighted by atomic mass is 10.2. The first-order valence-corrected chi connectivity index (χ1v) is 8.37. The molecule has 0 aliphatic heterocycles. The third-order valence-electron chi connectivity index (χ3n) is 2.36. The SMILES string of the molecule is Cc1cc(OCCOCC(C)C)ccc1S(=O)(=O)Cl. The maximum Gasteiger partial charge on any atom is 0.261 e. The van der Waals surface area contributed by atoms with Gasteiger partial charge in [0, 0.05) is 17.3 Å². The molecule has 0 saturated carbocycles.